The summed E-state index contributed by atoms with van der Waals surface area (Å²) >= 11 is 0. The van der Waals surface area contributed by atoms with Crippen LogP contribution in [0.3, 0.4) is 0 Å². The third-order valence-corrected chi connectivity index (χ3v) is 9.10. The van der Waals surface area contributed by atoms with Gasteiger partial charge in [0.1, 0.15) is 22.7 Å². The van der Waals surface area contributed by atoms with Gasteiger partial charge in [0, 0.05) is 26.2 Å². The molecule has 1 N–H and O–H groups in total. The zero-order chi connectivity index (χ0) is 23.3. The molecule has 3 aliphatic rings. The molecule has 4 amide bonds. The van der Waals surface area contributed by atoms with Gasteiger partial charge in [-0.15, -0.1) is 0 Å². The topological polar surface area (TPSA) is 133 Å². The van der Waals surface area contributed by atoms with Gasteiger partial charge in [-0.25, -0.2) is 13.2 Å². The molecule has 11 nitrogen and oxygen atoms in total. The highest BCUT2D eigenvalue weighted by Gasteiger charge is 2.55. The number of nitrogens with zero attached hydrogens (tertiary/aromatic N) is 4. The van der Waals surface area contributed by atoms with Crippen LogP contribution in [0.4, 0.5) is 4.79 Å². The molecule has 176 valence electrons. The van der Waals surface area contributed by atoms with Crippen molar-refractivity contribution >= 4 is 27.9 Å². The van der Waals surface area contributed by atoms with Crippen LogP contribution in [0.2, 0.25) is 0 Å². The maximum absolute atomic E-state index is 13.1. The highest BCUT2D eigenvalue weighted by atomic mass is 32.2. The van der Waals surface area contributed by atoms with E-state index in [2.05, 4.69) is 10.5 Å². The van der Waals surface area contributed by atoms with Crippen LogP contribution in [-0.4, -0.2) is 83.8 Å². The first kappa shape index (κ1) is 22.7. The number of nitrogens with one attached hydrogen (secondary N) is 1. The summed E-state index contributed by atoms with van der Waals surface area (Å²) in [6, 6.07) is -0.531. The van der Waals surface area contributed by atoms with Gasteiger partial charge in [-0.3, -0.25) is 14.5 Å². The molecule has 32 heavy (non-hydrogen) atoms. The fraction of sp³-hybridized carbons (Fsp3) is 0.700. The molecule has 1 aliphatic carbocycles. The highest BCUT2D eigenvalue weighted by molar-refractivity contribution is 7.89. The zero-order valence-corrected chi connectivity index (χ0v) is 19.4. The first-order chi connectivity index (χ1) is 15.1. The van der Waals surface area contributed by atoms with Crippen molar-refractivity contribution in [2.75, 3.05) is 32.7 Å². The second kappa shape index (κ2) is 8.14. The molecular formula is C20H29N5O6S. The lowest BCUT2D eigenvalue weighted by Gasteiger charge is -2.37. The molecule has 0 aromatic carbocycles. The minimum atomic E-state index is -3.78. The summed E-state index contributed by atoms with van der Waals surface area (Å²) in [5.74, 6) is -0.456. The lowest BCUT2D eigenvalue weighted by Crippen LogP contribution is -2.55. The van der Waals surface area contributed by atoms with Crippen molar-refractivity contribution in [3.05, 3.63) is 11.5 Å². The number of hydrogen-bond donors (Lipinski definition) is 1. The van der Waals surface area contributed by atoms with Crippen LogP contribution in [0.15, 0.2) is 9.42 Å². The number of aromatic nitrogens is 1. The molecule has 1 saturated carbocycles. The van der Waals surface area contributed by atoms with Crippen molar-refractivity contribution in [2.24, 2.45) is 5.92 Å². The number of aryl methyl sites for hydroxylation is 2. The second-order valence-corrected chi connectivity index (χ2v) is 10.8. The van der Waals surface area contributed by atoms with Gasteiger partial charge >= 0.3 is 6.03 Å². The molecule has 2 aliphatic heterocycles. The maximum Gasteiger partial charge on any atom is 0.325 e. The Morgan fingerprint density at radius 1 is 1.19 bits per heavy atom. The van der Waals surface area contributed by atoms with Gasteiger partial charge in [-0.2, -0.15) is 4.31 Å². The van der Waals surface area contributed by atoms with Crippen molar-refractivity contribution in [1.82, 2.24) is 24.6 Å². The van der Waals surface area contributed by atoms with Gasteiger partial charge in [0.25, 0.3) is 5.91 Å². The van der Waals surface area contributed by atoms with E-state index in [1.165, 1.54) is 9.21 Å². The van der Waals surface area contributed by atoms with Crippen molar-refractivity contribution in [3.63, 3.8) is 0 Å². The number of rotatable bonds is 4. The fourth-order valence-corrected chi connectivity index (χ4v) is 6.74. The number of carbonyl (C=O) groups excluding carboxylic acids is 3. The highest BCUT2D eigenvalue weighted by Crippen LogP contribution is 2.38. The summed E-state index contributed by atoms with van der Waals surface area (Å²) in [6.45, 7) is 5.31. The first-order valence-corrected chi connectivity index (χ1v) is 12.4. The third kappa shape index (κ3) is 3.58. The minimum Gasteiger partial charge on any atom is -0.360 e. The molecule has 4 rings (SSSR count). The Balaban J connectivity index is 1.39. The van der Waals surface area contributed by atoms with E-state index in [0.29, 0.717) is 12.1 Å². The van der Waals surface area contributed by atoms with E-state index in [4.69, 9.17) is 4.52 Å². The smallest absolute Gasteiger partial charge is 0.325 e. The van der Waals surface area contributed by atoms with E-state index >= 15 is 0 Å². The minimum absolute atomic E-state index is 0.0193. The number of amides is 4. The van der Waals surface area contributed by atoms with Crippen LogP contribution in [-0.2, 0) is 19.6 Å². The number of sulfonamides is 1. The molecule has 2 unspecified atom stereocenters. The van der Waals surface area contributed by atoms with E-state index in [9.17, 15) is 22.8 Å². The number of hydrogen-bond acceptors (Lipinski definition) is 7. The molecule has 0 radical (unpaired) electrons. The van der Waals surface area contributed by atoms with Gasteiger partial charge in [0.15, 0.2) is 5.76 Å². The van der Waals surface area contributed by atoms with E-state index in [-0.39, 0.29) is 61.1 Å². The normalized spacial score (nSPS) is 27.3. The van der Waals surface area contributed by atoms with E-state index in [1.54, 1.807) is 13.8 Å². The maximum atomic E-state index is 13.1. The summed E-state index contributed by atoms with van der Waals surface area (Å²) in [4.78, 5) is 41.0. The Hall–Kier alpha value is -2.47. The van der Waals surface area contributed by atoms with Gasteiger partial charge in [0.2, 0.25) is 15.9 Å². The summed E-state index contributed by atoms with van der Waals surface area (Å²) in [6.07, 6.45) is 3.32. The van der Waals surface area contributed by atoms with Crippen LogP contribution in [0.25, 0.3) is 0 Å². The fourth-order valence-electron chi connectivity index (χ4n) is 5.02. The Morgan fingerprint density at radius 2 is 1.88 bits per heavy atom. The van der Waals surface area contributed by atoms with Gasteiger partial charge in [-0.05, 0) is 32.6 Å². The van der Waals surface area contributed by atoms with Crippen LogP contribution in [0.1, 0.15) is 44.1 Å². The van der Waals surface area contributed by atoms with E-state index in [1.807, 2.05) is 6.92 Å². The standard InChI is InChI=1S/C20H29N5O6S/c1-13-6-4-5-7-20(13)18(27)25(19(28)21-20)12-16(26)23-8-10-24(11-9-23)32(29,30)17-14(2)22-31-15(17)3/h13H,4-12H2,1-3H3,(H,21,28). The van der Waals surface area contributed by atoms with Crippen molar-refractivity contribution in [2.45, 2.75) is 56.9 Å². The molecule has 3 heterocycles. The average molecular weight is 468 g/mol. The van der Waals surface area contributed by atoms with Gasteiger partial charge in [0.05, 0.1) is 0 Å². The molecule has 2 atom stereocenters. The van der Waals surface area contributed by atoms with Crippen molar-refractivity contribution in [1.29, 1.82) is 0 Å². The lowest BCUT2D eigenvalue weighted by molar-refractivity contribution is -0.141. The SMILES string of the molecule is Cc1noc(C)c1S(=O)(=O)N1CCN(C(=O)CN2C(=O)NC3(CCCCC3C)C2=O)CC1. The number of imide groups is 1. The van der Waals surface area contributed by atoms with Crippen molar-refractivity contribution < 1.29 is 27.3 Å². The third-order valence-electron chi connectivity index (χ3n) is 6.95. The summed E-state index contributed by atoms with van der Waals surface area (Å²) in [5, 5.41) is 6.56. The summed E-state index contributed by atoms with van der Waals surface area (Å²) in [7, 11) is -3.78. The first-order valence-electron chi connectivity index (χ1n) is 10.9. The zero-order valence-electron chi connectivity index (χ0n) is 18.6. The number of piperazine rings is 1. The molecule has 2 saturated heterocycles. The van der Waals surface area contributed by atoms with E-state index < -0.39 is 21.6 Å². The largest absolute Gasteiger partial charge is 0.360 e. The van der Waals surface area contributed by atoms with Gasteiger partial charge in [-0.1, -0.05) is 24.9 Å². The Morgan fingerprint density at radius 3 is 2.47 bits per heavy atom. The molecular weight excluding hydrogens is 438 g/mol. The Kier molecular flexibility index (Phi) is 5.78. The monoisotopic (exact) mass is 467 g/mol. The van der Waals surface area contributed by atoms with Crippen molar-refractivity contribution in [3.8, 4) is 0 Å². The quantitative estimate of drug-likeness (QED) is 0.642. The predicted octanol–water partition coefficient (Wildman–Crippen LogP) is 0.625. The Bertz CT molecular complexity index is 1030. The average Bonchev–Trinajstić information content (AvgIpc) is 3.22. The summed E-state index contributed by atoms with van der Waals surface area (Å²) < 4.78 is 32.2. The molecule has 1 aromatic heterocycles. The number of urea groups is 1. The Labute approximate surface area is 187 Å². The number of carbonyl (C=O) groups is 3. The molecule has 3 fully saturated rings. The van der Waals surface area contributed by atoms with E-state index in [0.717, 1.165) is 24.2 Å². The summed E-state index contributed by atoms with van der Waals surface area (Å²) in [5.41, 5.74) is -0.609. The lowest BCUT2D eigenvalue weighted by atomic mass is 9.73. The van der Waals surface area contributed by atoms with Crippen LogP contribution in [0, 0.1) is 19.8 Å². The second-order valence-electron chi connectivity index (χ2n) is 8.88. The molecule has 1 aromatic rings. The molecule has 1 spiro atoms. The molecule has 0 bridgehead atoms. The van der Waals surface area contributed by atoms with Crippen LogP contribution >= 0.6 is 0 Å². The van der Waals surface area contributed by atoms with Crippen LogP contribution in [0.5, 0.6) is 0 Å². The van der Waals surface area contributed by atoms with Gasteiger partial charge < -0.3 is 14.7 Å². The predicted molar refractivity (Wildman–Crippen MR) is 112 cm³/mol. The van der Waals surface area contributed by atoms with Crippen LogP contribution < -0.4 is 5.32 Å². The molecule has 12 heteroatoms.